The van der Waals surface area contributed by atoms with Crippen LogP contribution in [-0.4, -0.2) is 82.1 Å². The SMILES string of the molecule is CC/N=c1\cc2oc3cc(NCC)c(C)cc3c(-c3ccccc3C(=O)OCC(=O)NCCOCCOCCNC(=O)/C=C/c3ccc(O)cc3)c-2cc1C. The number of phenols is 1. The molecular formula is C43H48N4O8. The monoisotopic (exact) mass is 748 g/mol. The van der Waals surface area contributed by atoms with Crippen molar-refractivity contribution in [2.24, 2.45) is 4.99 Å². The van der Waals surface area contributed by atoms with E-state index in [9.17, 15) is 19.5 Å². The van der Waals surface area contributed by atoms with Crippen LogP contribution in [0.2, 0.25) is 0 Å². The van der Waals surface area contributed by atoms with Crippen LogP contribution in [0.25, 0.3) is 39.5 Å². The number of ether oxygens (including phenoxy) is 3. The van der Waals surface area contributed by atoms with Crippen molar-refractivity contribution >= 4 is 40.5 Å². The molecule has 1 aliphatic heterocycles. The molecule has 288 valence electrons. The highest BCUT2D eigenvalue weighted by molar-refractivity contribution is 6.08. The third kappa shape index (κ3) is 11.0. The molecule has 0 radical (unpaired) electrons. The molecule has 3 aromatic carbocycles. The first kappa shape index (κ1) is 40.2. The lowest BCUT2D eigenvalue weighted by molar-refractivity contribution is -0.124. The Bertz CT molecular complexity index is 2170. The van der Waals surface area contributed by atoms with Crippen LogP contribution in [0.5, 0.6) is 5.75 Å². The summed E-state index contributed by atoms with van der Waals surface area (Å²) in [5.41, 5.74) is 7.08. The van der Waals surface area contributed by atoms with Crippen LogP contribution in [-0.2, 0) is 23.8 Å². The number of amides is 2. The molecule has 5 rings (SSSR count). The molecule has 0 fully saturated rings. The Morgan fingerprint density at radius 1 is 0.836 bits per heavy atom. The van der Waals surface area contributed by atoms with E-state index in [1.165, 1.54) is 6.08 Å². The standard InChI is InChI=1S/C43H48N4O8/c1-5-44-36-25-38-34(23-28(36)3)42(35-24-29(4)37(45-6-2)26-39(35)55-38)32-9-7-8-10-33(32)43(51)54-27-41(50)47-18-20-53-22-21-52-19-17-46-40(49)16-13-30-11-14-31(48)15-12-30/h7-16,23-26,44,48H,5-6,17-22,27H2,1-4H3,(H,46,49)(H,47,50)/b16-13+,45-37+. The minimum atomic E-state index is -0.624. The Labute approximate surface area is 320 Å². The van der Waals surface area contributed by atoms with Crippen molar-refractivity contribution in [3.8, 4) is 28.2 Å². The number of benzene rings is 4. The number of carbonyl (C=O) groups is 3. The van der Waals surface area contributed by atoms with Crippen LogP contribution in [0.4, 0.5) is 5.69 Å². The minimum absolute atomic E-state index is 0.163. The van der Waals surface area contributed by atoms with Gasteiger partial charge >= 0.3 is 5.97 Å². The van der Waals surface area contributed by atoms with Crippen molar-refractivity contribution in [1.29, 1.82) is 0 Å². The molecule has 0 bridgehead atoms. The van der Waals surface area contributed by atoms with Gasteiger partial charge in [-0.25, -0.2) is 4.79 Å². The van der Waals surface area contributed by atoms with Crippen molar-refractivity contribution < 1.29 is 38.1 Å². The molecule has 12 heteroatoms. The van der Waals surface area contributed by atoms with Gasteiger partial charge in [0.15, 0.2) is 6.61 Å². The molecule has 0 saturated carbocycles. The van der Waals surface area contributed by atoms with E-state index in [-0.39, 0.29) is 24.8 Å². The van der Waals surface area contributed by atoms with Crippen LogP contribution < -0.4 is 21.3 Å². The molecule has 2 amide bonds. The van der Waals surface area contributed by atoms with Gasteiger partial charge in [0.2, 0.25) is 5.91 Å². The van der Waals surface area contributed by atoms with Crippen LogP contribution in [0.3, 0.4) is 0 Å². The van der Waals surface area contributed by atoms with Gasteiger partial charge in [0.25, 0.3) is 5.91 Å². The molecule has 0 spiro atoms. The highest BCUT2D eigenvalue weighted by atomic mass is 16.5. The summed E-state index contributed by atoms with van der Waals surface area (Å²) in [4.78, 5) is 42.7. The minimum Gasteiger partial charge on any atom is -0.508 e. The number of hydrogen-bond donors (Lipinski definition) is 4. The quantitative estimate of drug-likeness (QED) is 0.0364. The number of phenolic OH excluding ortho intramolecular Hbond substituents is 1. The molecule has 0 unspecified atom stereocenters. The topological polar surface area (TPSA) is 161 Å². The normalized spacial score (nSPS) is 11.7. The summed E-state index contributed by atoms with van der Waals surface area (Å²) in [6, 6.07) is 21.8. The summed E-state index contributed by atoms with van der Waals surface area (Å²) in [7, 11) is 0. The fraction of sp³-hybridized carbons (Fsp3) is 0.302. The number of fused-ring (bicyclic) bond motifs is 2. The maximum Gasteiger partial charge on any atom is 0.339 e. The Morgan fingerprint density at radius 2 is 1.56 bits per heavy atom. The van der Waals surface area contributed by atoms with Crippen LogP contribution in [0.15, 0.2) is 88.3 Å². The summed E-state index contributed by atoms with van der Waals surface area (Å²) in [6.07, 6.45) is 3.06. The number of nitrogens with zero attached hydrogens (tertiary/aromatic N) is 1. The smallest absolute Gasteiger partial charge is 0.339 e. The van der Waals surface area contributed by atoms with Gasteiger partial charge in [0, 0.05) is 66.6 Å². The van der Waals surface area contributed by atoms with E-state index in [4.69, 9.17) is 18.6 Å². The summed E-state index contributed by atoms with van der Waals surface area (Å²) < 4.78 is 23.0. The second-order valence-electron chi connectivity index (χ2n) is 12.7. The molecule has 55 heavy (non-hydrogen) atoms. The predicted octanol–water partition coefficient (Wildman–Crippen LogP) is 6.02. The maximum atomic E-state index is 13.6. The van der Waals surface area contributed by atoms with Gasteiger partial charge in [-0.05, 0) is 86.4 Å². The Balaban J connectivity index is 1.12. The van der Waals surface area contributed by atoms with E-state index in [2.05, 4.69) is 27.0 Å². The predicted molar refractivity (Wildman–Crippen MR) is 213 cm³/mol. The molecule has 3 aromatic rings. The zero-order valence-electron chi connectivity index (χ0n) is 31.7. The van der Waals surface area contributed by atoms with E-state index in [0.29, 0.717) is 55.4 Å². The van der Waals surface area contributed by atoms with Gasteiger partial charge < -0.3 is 39.7 Å². The van der Waals surface area contributed by atoms with E-state index in [1.54, 1.807) is 42.5 Å². The third-order valence-electron chi connectivity index (χ3n) is 8.64. The molecule has 0 aromatic heterocycles. The second kappa shape index (κ2) is 19.9. The van der Waals surface area contributed by atoms with Crippen molar-refractivity contribution in [2.75, 3.05) is 64.5 Å². The molecule has 1 heterocycles. The van der Waals surface area contributed by atoms with Crippen LogP contribution in [0, 0.1) is 13.8 Å². The van der Waals surface area contributed by atoms with Gasteiger partial charge in [-0.1, -0.05) is 30.3 Å². The molecule has 1 aliphatic carbocycles. The van der Waals surface area contributed by atoms with Crippen molar-refractivity contribution in [1.82, 2.24) is 10.6 Å². The summed E-state index contributed by atoms with van der Waals surface area (Å²) in [6.45, 7) is 10.7. The maximum absolute atomic E-state index is 13.6. The zero-order chi connectivity index (χ0) is 39.2. The highest BCUT2D eigenvalue weighted by Crippen LogP contribution is 2.43. The highest BCUT2D eigenvalue weighted by Gasteiger charge is 2.24. The van der Waals surface area contributed by atoms with E-state index in [0.717, 1.165) is 50.8 Å². The summed E-state index contributed by atoms with van der Waals surface area (Å²) >= 11 is 0. The first-order valence-electron chi connectivity index (χ1n) is 18.4. The zero-order valence-corrected chi connectivity index (χ0v) is 31.7. The van der Waals surface area contributed by atoms with E-state index in [1.807, 2.05) is 58.0 Å². The van der Waals surface area contributed by atoms with Crippen molar-refractivity contribution in [3.05, 3.63) is 106 Å². The lowest BCUT2D eigenvalue weighted by Crippen LogP contribution is -2.32. The molecule has 0 saturated heterocycles. The number of hydrogen-bond acceptors (Lipinski definition) is 10. The number of rotatable bonds is 18. The number of aromatic hydroxyl groups is 1. The number of aryl methyl sites for hydroxylation is 2. The van der Waals surface area contributed by atoms with Gasteiger partial charge in [0.1, 0.15) is 17.1 Å². The summed E-state index contributed by atoms with van der Waals surface area (Å²) in [5.74, 6) is -0.527. The van der Waals surface area contributed by atoms with Crippen LogP contribution >= 0.6 is 0 Å². The largest absolute Gasteiger partial charge is 0.508 e. The number of nitrogens with one attached hydrogen (secondary N) is 3. The number of carbonyl (C=O) groups excluding carboxylic acids is 3. The second-order valence-corrected chi connectivity index (χ2v) is 12.7. The molecule has 4 N–H and O–H groups in total. The molecule has 12 nitrogen and oxygen atoms in total. The first-order chi connectivity index (χ1) is 26.7. The Hall–Kier alpha value is -5.98. The lowest BCUT2D eigenvalue weighted by Gasteiger charge is -2.19. The van der Waals surface area contributed by atoms with Gasteiger partial charge in [-0.15, -0.1) is 0 Å². The van der Waals surface area contributed by atoms with Crippen molar-refractivity contribution in [3.63, 3.8) is 0 Å². The lowest BCUT2D eigenvalue weighted by atomic mass is 9.89. The van der Waals surface area contributed by atoms with E-state index < -0.39 is 18.5 Å². The van der Waals surface area contributed by atoms with Gasteiger partial charge in [-0.3, -0.25) is 14.6 Å². The number of esters is 1. The fourth-order valence-corrected chi connectivity index (χ4v) is 5.99. The third-order valence-corrected chi connectivity index (χ3v) is 8.64. The van der Waals surface area contributed by atoms with Crippen molar-refractivity contribution in [2.45, 2.75) is 27.7 Å². The molecular weight excluding hydrogens is 700 g/mol. The van der Waals surface area contributed by atoms with Gasteiger partial charge in [-0.2, -0.15) is 0 Å². The average Bonchev–Trinajstić information content (AvgIpc) is 3.17. The average molecular weight is 749 g/mol. The van der Waals surface area contributed by atoms with Crippen LogP contribution in [0.1, 0.15) is 40.9 Å². The van der Waals surface area contributed by atoms with E-state index >= 15 is 0 Å². The summed E-state index contributed by atoms with van der Waals surface area (Å²) in [5, 5.41) is 19.8. The first-order valence-corrected chi connectivity index (χ1v) is 18.4. The fourth-order valence-electron chi connectivity index (χ4n) is 5.99. The van der Waals surface area contributed by atoms with Gasteiger partial charge in [0.05, 0.1) is 37.3 Å². The molecule has 2 aliphatic rings. The Kier molecular flexibility index (Phi) is 14.6. The number of anilines is 1. The molecule has 0 atom stereocenters. The Morgan fingerprint density at radius 3 is 2.29 bits per heavy atom.